The van der Waals surface area contributed by atoms with Gasteiger partial charge in [0.15, 0.2) is 0 Å². The van der Waals surface area contributed by atoms with Gasteiger partial charge in [0, 0.05) is 13.1 Å². The number of non-ortho nitro benzene ring substituents is 1. The van der Waals surface area contributed by atoms with Crippen LogP contribution in [0, 0.1) is 20.2 Å². The second-order valence-electron chi connectivity index (χ2n) is 3.49. The summed E-state index contributed by atoms with van der Waals surface area (Å²) in [5.41, 5.74) is 1.42. The van der Waals surface area contributed by atoms with Crippen molar-refractivity contribution in [3.63, 3.8) is 0 Å². The predicted molar refractivity (Wildman–Crippen MR) is 72.3 cm³/mol. The molecular formula is C10H11N5O6. The topological polar surface area (TPSA) is 149 Å². The van der Waals surface area contributed by atoms with Gasteiger partial charge in [-0.25, -0.2) is 4.79 Å². The van der Waals surface area contributed by atoms with Crippen molar-refractivity contribution in [2.24, 2.45) is 5.10 Å². The van der Waals surface area contributed by atoms with Gasteiger partial charge in [-0.2, -0.15) is 5.10 Å². The van der Waals surface area contributed by atoms with Crippen molar-refractivity contribution in [2.45, 2.75) is 0 Å². The molecule has 11 nitrogen and oxygen atoms in total. The third kappa shape index (κ3) is 4.74. The highest BCUT2D eigenvalue weighted by molar-refractivity contribution is 5.71. The lowest BCUT2D eigenvalue weighted by Crippen LogP contribution is -2.20. The Hall–Kier alpha value is -3.24. The van der Waals surface area contributed by atoms with E-state index in [9.17, 15) is 25.0 Å². The van der Waals surface area contributed by atoms with Gasteiger partial charge in [0.1, 0.15) is 12.3 Å². The molecule has 0 bridgehead atoms. The number of nitro benzene ring substituents is 2. The molecule has 0 aliphatic rings. The number of ether oxygens (including phenoxy) is 1. The molecule has 0 radical (unpaired) electrons. The van der Waals surface area contributed by atoms with E-state index in [1.54, 1.807) is 0 Å². The van der Waals surface area contributed by atoms with Crippen LogP contribution in [0.3, 0.4) is 0 Å². The molecule has 21 heavy (non-hydrogen) atoms. The van der Waals surface area contributed by atoms with E-state index in [4.69, 9.17) is 0 Å². The Balaban J connectivity index is 2.74. The SMILES string of the molecule is CNC(=O)OC/C=N/Nc1ccc([N+](=O)[O-])cc1[N+](=O)[O-]. The average Bonchev–Trinajstić information content (AvgIpc) is 2.46. The second kappa shape index (κ2) is 7.37. The zero-order valence-corrected chi connectivity index (χ0v) is 10.8. The molecule has 1 aromatic carbocycles. The summed E-state index contributed by atoms with van der Waals surface area (Å²) >= 11 is 0. The largest absolute Gasteiger partial charge is 0.444 e. The van der Waals surface area contributed by atoms with Gasteiger partial charge in [-0.3, -0.25) is 25.7 Å². The molecule has 1 aromatic rings. The minimum atomic E-state index is -0.772. The van der Waals surface area contributed by atoms with Crippen molar-refractivity contribution in [1.82, 2.24) is 5.32 Å². The maximum absolute atomic E-state index is 10.8. The van der Waals surface area contributed by atoms with Gasteiger partial charge >= 0.3 is 11.8 Å². The van der Waals surface area contributed by atoms with Crippen molar-refractivity contribution in [2.75, 3.05) is 19.1 Å². The van der Waals surface area contributed by atoms with Crippen LogP contribution in [-0.4, -0.2) is 35.8 Å². The molecule has 0 atom stereocenters. The summed E-state index contributed by atoms with van der Waals surface area (Å²) in [5, 5.41) is 27.2. The monoisotopic (exact) mass is 297 g/mol. The number of amides is 1. The number of alkyl carbamates (subject to hydrolysis) is 1. The first-order valence-corrected chi connectivity index (χ1v) is 5.50. The second-order valence-corrected chi connectivity index (χ2v) is 3.49. The van der Waals surface area contributed by atoms with Crippen LogP contribution in [0.25, 0.3) is 0 Å². The van der Waals surface area contributed by atoms with Gasteiger partial charge in [-0.05, 0) is 6.07 Å². The van der Waals surface area contributed by atoms with Crippen molar-refractivity contribution >= 4 is 29.4 Å². The maximum Gasteiger partial charge on any atom is 0.407 e. The molecule has 0 aromatic heterocycles. The van der Waals surface area contributed by atoms with Crippen LogP contribution in [-0.2, 0) is 4.74 Å². The normalized spacial score (nSPS) is 10.1. The number of hydrogen-bond donors (Lipinski definition) is 2. The minimum absolute atomic E-state index is 0.0261. The lowest BCUT2D eigenvalue weighted by molar-refractivity contribution is -0.393. The van der Waals surface area contributed by atoms with Crippen LogP contribution in [0.1, 0.15) is 0 Å². The third-order valence-corrected chi connectivity index (χ3v) is 2.16. The maximum atomic E-state index is 10.8. The molecule has 0 saturated heterocycles. The van der Waals surface area contributed by atoms with E-state index in [0.717, 1.165) is 18.2 Å². The highest BCUT2D eigenvalue weighted by Gasteiger charge is 2.18. The molecule has 11 heteroatoms. The van der Waals surface area contributed by atoms with Gasteiger partial charge in [0.05, 0.1) is 22.1 Å². The van der Waals surface area contributed by atoms with E-state index in [2.05, 4.69) is 20.6 Å². The number of nitrogens with one attached hydrogen (secondary N) is 2. The lowest BCUT2D eigenvalue weighted by Gasteiger charge is -2.02. The number of benzene rings is 1. The number of carbonyl (C=O) groups excluding carboxylic acids is 1. The molecule has 112 valence electrons. The Labute approximate surface area is 117 Å². The van der Waals surface area contributed by atoms with Crippen molar-refractivity contribution in [1.29, 1.82) is 0 Å². The Morgan fingerprint density at radius 3 is 2.67 bits per heavy atom. The molecule has 0 heterocycles. The van der Waals surface area contributed by atoms with E-state index in [0.29, 0.717) is 0 Å². The number of hydrogen-bond acceptors (Lipinski definition) is 8. The van der Waals surface area contributed by atoms with E-state index >= 15 is 0 Å². The Kier molecular flexibility index (Phi) is 5.55. The fraction of sp³-hybridized carbons (Fsp3) is 0.200. The van der Waals surface area contributed by atoms with E-state index in [1.165, 1.54) is 13.3 Å². The molecular weight excluding hydrogens is 286 g/mol. The Morgan fingerprint density at radius 2 is 2.10 bits per heavy atom. The molecule has 0 fully saturated rings. The van der Waals surface area contributed by atoms with Gasteiger partial charge in [0.2, 0.25) is 0 Å². The van der Waals surface area contributed by atoms with Gasteiger partial charge in [-0.15, -0.1) is 0 Å². The number of rotatable bonds is 6. The molecule has 2 N–H and O–H groups in total. The quantitative estimate of drug-likeness (QED) is 0.455. The first-order valence-electron chi connectivity index (χ1n) is 5.50. The zero-order valence-electron chi connectivity index (χ0n) is 10.8. The molecule has 0 aliphatic heterocycles. The van der Waals surface area contributed by atoms with Gasteiger partial charge in [-0.1, -0.05) is 0 Å². The average molecular weight is 297 g/mol. The predicted octanol–water partition coefficient (Wildman–Crippen LogP) is 1.26. The van der Waals surface area contributed by atoms with E-state index in [1.807, 2.05) is 0 Å². The molecule has 0 unspecified atom stereocenters. The Morgan fingerprint density at radius 1 is 1.38 bits per heavy atom. The Bertz CT molecular complexity index is 587. The lowest BCUT2D eigenvalue weighted by atomic mass is 10.2. The smallest absolute Gasteiger partial charge is 0.407 e. The number of nitro groups is 2. The molecule has 1 amide bonds. The van der Waals surface area contributed by atoms with Crippen molar-refractivity contribution < 1.29 is 19.4 Å². The summed E-state index contributed by atoms with van der Waals surface area (Å²) in [6, 6.07) is 3.08. The zero-order chi connectivity index (χ0) is 15.8. The standard InChI is InChI=1S/C10H11N5O6/c1-11-10(16)21-5-4-12-13-8-3-2-7(14(17)18)6-9(8)15(19)20/h2-4,6,13H,5H2,1H3,(H,11,16)/b12-4+. The highest BCUT2D eigenvalue weighted by Crippen LogP contribution is 2.28. The molecule has 0 saturated carbocycles. The van der Waals surface area contributed by atoms with Crippen molar-refractivity contribution in [3.05, 3.63) is 38.4 Å². The summed E-state index contributed by atoms with van der Waals surface area (Å²) in [6.07, 6.45) is 0.517. The van der Waals surface area contributed by atoms with E-state index in [-0.39, 0.29) is 12.3 Å². The molecule has 0 aliphatic carbocycles. The highest BCUT2D eigenvalue weighted by atomic mass is 16.6. The molecule has 0 spiro atoms. The molecule has 1 rings (SSSR count). The summed E-state index contributed by atoms with van der Waals surface area (Å²) in [4.78, 5) is 30.6. The first-order chi connectivity index (χ1) is 9.95. The van der Waals surface area contributed by atoms with Gasteiger partial charge < -0.3 is 10.1 Å². The third-order valence-electron chi connectivity index (χ3n) is 2.16. The first kappa shape index (κ1) is 15.8. The van der Waals surface area contributed by atoms with Crippen LogP contribution >= 0.6 is 0 Å². The van der Waals surface area contributed by atoms with Crippen LogP contribution in [0.4, 0.5) is 21.9 Å². The summed E-state index contributed by atoms with van der Waals surface area (Å²) in [6.45, 7) is -0.145. The summed E-state index contributed by atoms with van der Waals surface area (Å²) in [5.74, 6) is 0. The summed E-state index contributed by atoms with van der Waals surface area (Å²) in [7, 11) is 1.39. The number of nitrogens with zero attached hydrogens (tertiary/aromatic N) is 3. The van der Waals surface area contributed by atoms with E-state index < -0.39 is 27.3 Å². The fourth-order valence-electron chi connectivity index (χ4n) is 1.22. The van der Waals surface area contributed by atoms with Crippen LogP contribution in [0.5, 0.6) is 0 Å². The minimum Gasteiger partial charge on any atom is -0.444 e. The number of carbonyl (C=O) groups is 1. The van der Waals surface area contributed by atoms with Crippen LogP contribution in [0.15, 0.2) is 23.3 Å². The van der Waals surface area contributed by atoms with Crippen LogP contribution in [0.2, 0.25) is 0 Å². The summed E-state index contributed by atoms with van der Waals surface area (Å²) < 4.78 is 4.59. The van der Waals surface area contributed by atoms with Crippen LogP contribution < -0.4 is 10.7 Å². The number of anilines is 1. The number of hydrazone groups is 1. The van der Waals surface area contributed by atoms with Crippen molar-refractivity contribution in [3.8, 4) is 0 Å². The van der Waals surface area contributed by atoms with Gasteiger partial charge in [0.25, 0.3) is 5.69 Å². The fourth-order valence-corrected chi connectivity index (χ4v) is 1.22.